The molecule has 7 heteroatoms. The molecule has 34 heavy (non-hydrogen) atoms. The lowest BCUT2D eigenvalue weighted by atomic mass is 10.0. The first kappa shape index (κ1) is 25.3. The van der Waals surface area contributed by atoms with E-state index in [9.17, 15) is 13.2 Å². The lowest BCUT2D eigenvalue weighted by Crippen LogP contribution is -2.29. The van der Waals surface area contributed by atoms with Crippen LogP contribution >= 0.6 is 0 Å². The second-order valence-electron chi connectivity index (χ2n) is 8.65. The van der Waals surface area contributed by atoms with Gasteiger partial charge in [0.15, 0.2) is 0 Å². The first-order valence-corrected chi connectivity index (χ1v) is 13.1. The number of carbonyl (C=O) groups is 1. The molecule has 0 bridgehead atoms. The summed E-state index contributed by atoms with van der Waals surface area (Å²) in [5.41, 5.74) is 3.00. The summed E-state index contributed by atoms with van der Waals surface area (Å²) in [6.07, 6.45) is 1.16. The van der Waals surface area contributed by atoms with Crippen molar-refractivity contribution in [2.24, 2.45) is 0 Å². The monoisotopic (exact) mass is 480 g/mol. The molecule has 1 N–H and O–H groups in total. The molecule has 0 radical (unpaired) electrons. The molecule has 1 atom stereocenters. The Morgan fingerprint density at radius 1 is 0.941 bits per heavy atom. The largest absolute Gasteiger partial charge is 0.491 e. The van der Waals surface area contributed by atoms with Crippen LogP contribution in [-0.2, 0) is 16.6 Å². The minimum atomic E-state index is -3.53. The molecule has 0 fully saturated rings. The van der Waals surface area contributed by atoms with Gasteiger partial charge in [-0.25, -0.2) is 8.42 Å². The lowest BCUT2D eigenvalue weighted by Gasteiger charge is -2.23. The average molecular weight is 481 g/mol. The molecule has 0 aromatic heterocycles. The predicted molar refractivity (Wildman–Crippen MR) is 137 cm³/mol. The first-order valence-electron chi connectivity index (χ1n) is 11.3. The highest BCUT2D eigenvalue weighted by Gasteiger charge is 2.19. The normalized spacial score (nSPS) is 12.3. The summed E-state index contributed by atoms with van der Waals surface area (Å²) in [6.45, 7) is 6.58. The van der Waals surface area contributed by atoms with Crippen molar-refractivity contribution < 1.29 is 17.9 Å². The Morgan fingerprint density at radius 3 is 2.24 bits per heavy atom. The number of rotatable bonds is 10. The van der Waals surface area contributed by atoms with E-state index in [1.807, 2.05) is 44.2 Å². The Hall–Kier alpha value is -3.32. The van der Waals surface area contributed by atoms with Crippen LogP contribution in [0.3, 0.4) is 0 Å². The van der Waals surface area contributed by atoms with Crippen LogP contribution in [0.5, 0.6) is 5.75 Å². The van der Waals surface area contributed by atoms with Gasteiger partial charge in [0.1, 0.15) is 5.75 Å². The minimum absolute atomic E-state index is 0.0173. The van der Waals surface area contributed by atoms with E-state index in [4.69, 9.17) is 4.74 Å². The Labute approximate surface area is 202 Å². The second-order valence-corrected chi connectivity index (χ2v) is 10.6. The molecule has 0 saturated heterocycles. The maximum Gasteiger partial charge on any atom is 0.251 e. The molecule has 0 heterocycles. The van der Waals surface area contributed by atoms with Gasteiger partial charge in [-0.2, -0.15) is 0 Å². The zero-order valence-corrected chi connectivity index (χ0v) is 20.9. The van der Waals surface area contributed by atoms with Crippen molar-refractivity contribution >= 4 is 21.6 Å². The average Bonchev–Trinajstić information content (AvgIpc) is 2.80. The summed E-state index contributed by atoms with van der Waals surface area (Å²) >= 11 is 0. The highest BCUT2D eigenvalue weighted by molar-refractivity contribution is 7.92. The fourth-order valence-corrected chi connectivity index (χ4v) is 4.44. The second kappa shape index (κ2) is 11.2. The molecule has 1 amide bonds. The zero-order chi connectivity index (χ0) is 24.7. The van der Waals surface area contributed by atoms with Gasteiger partial charge in [0, 0.05) is 18.2 Å². The van der Waals surface area contributed by atoms with Gasteiger partial charge in [-0.05, 0) is 55.2 Å². The molecule has 6 nitrogen and oxygen atoms in total. The summed E-state index contributed by atoms with van der Waals surface area (Å²) in [5.74, 6) is 0.647. The van der Waals surface area contributed by atoms with Crippen LogP contribution in [-0.4, -0.2) is 33.2 Å². The maximum absolute atomic E-state index is 12.6. The molecule has 0 saturated carbocycles. The van der Waals surface area contributed by atoms with Crippen LogP contribution in [0.2, 0.25) is 0 Å². The molecular formula is C27H32N2O4S. The highest BCUT2D eigenvalue weighted by Crippen LogP contribution is 2.26. The molecule has 0 aliphatic rings. The number of carbonyl (C=O) groups excluding carboxylic acids is 1. The summed E-state index contributed by atoms with van der Waals surface area (Å²) in [5, 5.41) is 2.97. The van der Waals surface area contributed by atoms with Crippen LogP contribution in [0.4, 0.5) is 5.69 Å². The van der Waals surface area contributed by atoms with Gasteiger partial charge in [-0.3, -0.25) is 9.10 Å². The van der Waals surface area contributed by atoms with Gasteiger partial charge in [0.2, 0.25) is 10.0 Å². The van der Waals surface area contributed by atoms with E-state index < -0.39 is 10.0 Å². The molecular weight excluding hydrogens is 448 g/mol. The number of sulfonamides is 1. The maximum atomic E-state index is 12.6. The van der Waals surface area contributed by atoms with Crippen LogP contribution in [0.1, 0.15) is 48.2 Å². The van der Waals surface area contributed by atoms with Gasteiger partial charge < -0.3 is 10.1 Å². The van der Waals surface area contributed by atoms with E-state index in [2.05, 4.69) is 12.2 Å². The summed E-state index contributed by atoms with van der Waals surface area (Å²) < 4.78 is 32.1. The van der Waals surface area contributed by atoms with Crippen LogP contribution < -0.4 is 14.4 Å². The number of benzene rings is 3. The predicted octanol–water partition coefficient (Wildman–Crippen LogP) is 4.97. The Morgan fingerprint density at radius 2 is 1.62 bits per heavy atom. The van der Waals surface area contributed by atoms with Crippen molar-refractivity contribution in [1.29, 1.82) is 0 Å². The van der Waals surface area contributed by atoms with Crippen molar-refractivity contribution in [3.05, 3.63) is 95.6 Å². The molecule has 0 aliphatic heterocycles. The van der Waals surface area contributed by atoms with E-state index in [1.165, 1.54) is 16.1 Å². The number of hydrogen-bond acceptors (Lipinski definition) is 4. The van der Waals surface area contributed by atoms with Gasteiger partial charge in [-0.1, -0.05) is 55.5 Å². The smallest absolute Gasteiger partial charge is 0.251 e. The van der Waals surface area contributed by atoms with Crippen molar-refractivity contribution in [3.63, 3.8) is 0 Å². The van der Waals surface area contributed by atoms with Crippen molar-refractivity contribution in [1.82, 2.24) is 5.32 Å². The fourth-order valence-electron chi connectivity index (χ4n) is 3.56. The van der Waals surface area contributed by atoms with Gasteiger partial charge in [-0.15, -0.1) is 0 Å². The van der Waals surface area contributed by atoms with Crippen molar-refractivity contribution in [3.8, 4) is 5.75 Å². The third kappa shape index (κ3) is 7.09. The first-order chi connectivity index (χ1) is 16.1. The van der Waals surface area contributed by atoms with Crippen molar-refractivity contribution in [2.45, 2.75) is 39.3 Å². The fraction of sp³-hybridized carbons (Fsp3) is 0.296. The lowest BCUT2D eigenvalue weighted by molar-refractivity contribution is 0.0951. The molecule has 3 rings (SSSR count). The van der Waals surface area contributed by atoms with Crippen LogP contribution in [0.15, 0.2) is 78.9 Å². The Kier molecular flexibility index (Phi) is 8.34. The van der Waals surface area contributed by atoms with Gasteiger partial charge >= 0.3 is 0 Å². The number of nitrogens with one attached hydrogen (secondary N) is 1. The van der Waals surface area contributed by atoms with Gasteiger partial charge in [0.05, 0.1) is 24.6 Å². The molecule has 0 unspecified atom stereocenters. The molecule has 3 aromatic rings. The van der Waals surface area contributed by atoms with E-state index in [0.29, 0.717) is 23.5 Å². The Bertz CT molecular complexity index is 1190. The summed E-state index contributed by atoms with van der Waals surface area (Å²) in [6, 6.07) is 24.1. The molecule has 3 aromatic carbocycles. The summed E-state index contributed by atoms with van der Waals surface area (Å²) in [4.78, 5) is 12.6. The number of nitrogens with zero attached hydrogens (tertiary/aromatic N) is 1. The standard InChI is InChI=1S/C27H32N2O4S/c1-20(2)33-26-12-8-11-25(17-26)29(34(4,31)32)19-22-13-15-24(16-14-22)27(30)28-18-21(3)23-9-6-5-7-10-23/h5-17,20-21H,18-19H2,1-4H3,(H,28,30)/t21-/m1/s1. The van der Waals surface area contributed by atoms with E-state index in [1.54, 1.807) is 48.5 Å². The quantitative estimate of drug-likeness (QED) is 0.444. The number of amides is 1. The number of anilines is 1. The highest BCUT2D eigenvalue weighted by atomic mass is 32.2. The van der Waals surface area contributed by atoms with Gasteiger partial charge in [0.25, 0.3) is 5.91 Å². The number of hydrogen-bond donors (Lipinski definition) is 1. The van der Waals surface area contributed by atoms with E-state index >= 15 is 0 Å². The minimum Gasteiger partial charge on any atom is -0.491 e. The van der Waals surface area contributed by atoms with Crippen LogP contribution in [0.25, 0.3) is 0 Å². The Balaban J connectivity index is 1.68. The van der Waals surface area contributed by atoms with E-state index in [-0.39, 0.29) is 24.5 Å². The topological polar surface area (TPSA) is 75.7 Å². The SMILES string of the molecule is CC(C)Oc1cccc(N(Cc2ccc(C(=O)NC[C@@H](C)c3ccccc3)cc2)S(C)(=O)=O)c1. The molecule has 0 aliphatic carbocycles. The van der Waals surface area contributed by atoms with Crippen molar-refractivity contribution in [2.75, 3.05) is 17.1 Å². The third-order valence-corrected chi connectivity index (χ3v) is 6.50. The van der Waals surface area contributed by atoms with E-state index in [0.717, 1.165) is 5.56 Å². The molecule has 180 valence electrons. The summed E-state index contributed by atoms with van der Waals surface area (Å²) in [7, 11) is -3.53. The molecule has 0 spiro atoms. The zero-order valence-electron chi connectivity index (χ0n) is 20.1. The third-order valence-electron chi connectivity index (χ3n) is 5.36. The van der Waals surface area contributed by atoms with Crippen LogP contribution in [0, 0.1) is 0 Å². The number of ether oxygens (including phenoxy) is 1.